The van der Waals surface area contributed by atoms with Gasteiger partial charge in [-0.25, -0.2) is 9.78 Å². The highest BCUT2D eigenvalue weighted by Gasteiger charge is 2.15. The Morgan fingerprint density at radius 2 is 2.10 bits per heavy atom. The molecule has 2 rings (SSSR count). The number of carboxylic acids is 1. The monoisotopic (exact) mass is 275 g/mol. The number of pyridine rings is 2. The minimum absolute atomic E-state index is 0.220. The molecule has 0 atom stereocenters. The lowest BCUT2D eigenvalue weighted by atomic mass is 10.2. The quantitative estimate of drug-likeness (QED) is 0.899. The molecular weight excluding hydrogens is 258 g/mol. The molecule has 2 aromatic rings. The third kappa shape index (κ3) is 2.70. The zero-order valence-corrected chi connectivity index (χ0v) is 11.8. The number of aromatic nitrogens is 2. The van der Waals surface area contributed by atoms with E-state index in [2.05, 4.69) is 4.98 Å². The van der Waals surface area contributed by atoms with Gasteiger partial charge in [0.2, 0.25) is 5.43 Å². The third-order valence-corrected chi connectivity index (χ3v) is 3.08. The summed E-state index contributed by atoms with van der Waals surface area (Å²) in [5.41, 5.74) is 0.614. The van der Waals surface area contributed by atoms with Crippen molar-refractivity contribution in [1.29, 1.82) is 0 Å². The van der Waals surface area contributed by atoms with E-state index in [0.29, 0.717) is 17.6 Å². The Balaban J connectivity index is 2.69. The lowest BCUT2D eigenvalue weighted by Gasteiger charge is -2.14. The maximum absolute atomic E-state index is 12.1. The normalized spacial score (nSPS) is 11.2. The topological polar surface area (TPSA) is 75.4 Å². The molecule has 0 bridgehead atoms. The highest BCUT2D eigenvalue weighted by molar-refractivity contribution is 5.91. The molecule has 0 aliphatic rings. The summed E-state index contributed by atoms with van der Waals surface area (Å²) in [7, 11) is 3.86. The van der Waals surface area contributed by atoms with Gasteiger partial charge in [0, 0.05) is 25.0 Å². The fraction of sp³-hybridized carbons (Fsp3) is 0.357. The molecule has 6 nitrogen and oxygen atoms in total. The molecule has 0 saturated carbocycles. The molecule has 0 radical (unpaired) electrons. The number of carbonyl (C=O) groups is 1. The summed E-state index contributed by atoms with van der Waals surface area (Å²) in [6.45, 7) is 3.14. The van der Waals surface area contributed by atoms with Crippen LogP contribution in [0.3, 0.4) is 0 Å². The summed E-state index contributed by atoms with van der Waals surface area (Å²) in [4.78, 5) is 29.7. The van der Waals surface area contributed by atoms with Crippen LogP contribution in [-0.2, 0) is 6.54 Å². The summed E-state index contributed by atoms with van der Waals surface area (Å²) in [6.07, 6.45) is 1.38. The van der Waals surface area contributed by atoms with Gasteiger partial charge < -0.3 is 14.6 Å². The molecule has 0 saturated heterocycles. The van der Waals surface area contributed by atoms with Gasteiger partial charge in [-0.05, 0) is 33.2 Å². The molecule has 2 aromatic heterocycles. The van der Waals surface area contributed by atoms with Gasteiger partial charge in [0.05, 0.1) is 5.39 Å². The van der Waals surface area contributed by atoms with Crippen LogP contribution in [0.5, 0.6) is 0 Å². The van der Waals surface area contributed by atoms with Crippen LogP contribution in [0, 0.1) is 6.92 Å². The van der Waals surface area contributed by atoms with Crippen molar-refractivity contribution in [2.45, 2.75) is 13.5 Å². The highest BCUT2D eigenvalue weighted by Crippen LogP contribution is 2.11. The van der Waals surface area contributed by atoms with E-state index in [1.807, 2.05) is 25.9 Å². The van der Waals surface area contributed by atoms with Gasteiger partial charge in [0.1, 0.15) is 11.2 Å². The van der Waals surface area contributed by atoms with Crippen molar-refractivity contribution >= 4 is 17.0 Å². The molecule has 0 aromatic carbocycles. The summed E-state index contributed by atoms with van der Waals surface area (Å²) in [5.74, 6) is -1.21. The fourth-order valence-corrected chi connectivity index (χ4v) is 1.99. The first kappa shape index (κ1) is 14.2. The van der Waals surface area contributed by atoms with Crippen molar-refractivity contribution < 1.29 is 9.90 Å². The van der Waals surface area contributed by atoms with Crippen LogP contribution >= 0.6 is 0 Å². The molecule has 0 amide bonds. The summed E-state index contributed by atoms with van der Waals surface area (Å²) in [5, 5.41) is 9.48. The molecular formula is C14H17N3O3. The van der Waals surface area contributed by atoms with Gasteiger partial charge in [0.25, 0.3) is 0 Å². The number of aromatic carboxylic acids is 1. The van der Waals surface area contributed by atoms with Crippen molar-refractivity contribution in [3.8, 4) is 0 Å². The minimum atomic E-state index is -1.21. The van der Waals surface area contributed by atoms with Gasteiger partial charge in [-0.2, -0.15) is 0 Å². The van der Waals surface area contributed by atoms with E-state index >= 15 is 0 Å². The van der Waals surface area contributed by atoms with Crippen LogP contribution in [0.2, 0.25) is 0 Å². The average molecular weight is 275 g/mol. The van der Waals surface area contributed by atoms with E-state index in [-0.39, 0.29) is 5.56 Å². The van der Waals surface area contributed by atoms with Crippen LogP contribution < -0.4 is 5.43 Å². The van der Waals surface area contributed by atoms with E-state index in [4.69, 9.17) is 5.11 Å². The molecule has 106 valence electrons. The Hall–Kier alpha value is -2.21. The highest BCUT2D eigenvalue weighted by atomic mass is 16.4. The lowest BCUT2D eigenvalue weighted by molar-refractivity contribution is 0.0695. The van der Waals surface area contributed by atoms with Crippen LogP contribution in [0.4, 0.5) is 0 Å². The molecule has 0 fully saturated rings. The smallest absolute Gasteiger partial charge is 0.341 e. The second kappa shape index (κ2) is 5.42. The van der Waals surface area contributed by atoms with Gasteiger partial charge in [-0.3, -0.25) is 4.79 Å². The van der Waals surface area contributed by atoms with E-state index in [9.17, 15) is 9.59 Å². The second-order valence-electron chi connectivity index (χ2n) is 5.00. The van der Waals surface area contributed by atoms with Gasteiger partial charge >= 0.3 is 5.97 Å². The van der Waals surface area contributed by atoms with E-state index in [1.54, 1.807) is 16.7 Å². The number of likely N-dealkylation sites (N-methyl/N-ethyl adjacent to an activating group) is 1. The first-order chi connectivity index (χ1) is 9.40. The number of carboxylic acid groups (broad SMARTS) is 1. The van der Waals surface area contributed by atoms with Crippen molar-refractivity contribution in [3.63, 3.8) is 0 Å². The first-order valence-corrected chi connectivity index (χ1v) is 6.29. The molecule has 0 aliphatic carbocycles. The maximum Gasteiger partial charge on any atom is 0.341 e. The predicted octanol–water partition coefficient (Wildman–Crippen LogP) is 0.965. The molecule has 0 aliphatic heterocycles. The lowest BCUT2D eigenvalue weighted by Crippen LogP contribution is -2.23. The predicted molar refractivity (Wildman–Crippen MR) is 76.3 cm³/mol. The summed E-state index contributed by atoms with van der Waals surface area (Å²) < 4.78 is 1.73. The average Bonchev–Trinajstić information content (AvgIpc) is 2.37. The first-order valence-electron chi connectivity index (χ1n) is 6.29. The second-order valence-corrected chi connectivity index (χ2v) is 5.00. The Morgan fingerprint density at radius 1 is 1.40 bits per heavy atom. The number of hydrogen-bond donors (Lipinski definition) is 1. The Morgan fingerprint density at radius 3 is 2.70 bits per heavy atom. The standard InChI is InChI=1S/C14H17N3O3/c1-9-4-5-10-12(18)11(14(19)20)8-17(13(10)15-9)7-6-16(2)3/h4-5,8H,6-7H2,1-3H3,(H,19,20). The molecule has 6 heteroatoms. The maximum atomic E-state index is 12.1. The largest absolute Gasteiger partial charge is 0.477 e. The van der Waals surface area contributed by atoms with Gasteiger partial charge in [-0.15, -0.1) is 0 Å². The number of aryl methyl sites for hydroxylation is 1. The molecule has 2 heterocycles. The van der Waals surface area contributed by atoms with Crippen LogP contribution in [0.1, 0.15) is 16.1 Å². The van der Waals surface area contributed by atoms with Gasteiger partial charge in [0.15, 0.2) is 0 Å². The SMILES string of the molecule is Cc1ccc2c(=O)c(C(=O)O)cn(CCN(C)C)c2n1. The molecule has 1 N–H and O–H groups in total. The number of rotatable bonds is 4. The Kier molecular flexibility index (Phi) is 3.85. The third-order valence-electron chi connectivity index (χ3n) is 3.08. The van der Waals surface area contributed by atoms with Crippen molar-refractivity contribution in [1.82, 2.24) is 14.5 Å². The fourth-order valence-electron chi connectivity index (χ4n) is 1.99. The van der Waals surface area contributed by atoms with Gasteiger partial charge in [-0.1, -0.05) is 0 Å². The molecule has 20 heavy (non-hydrogen) atoms. The molecule has 0 unspecified atom stereocenters. The number of fused-ring (bicyclic) bond motifs is 1. The van der Waals surface area contributed by atoms with Crippen molar-refractivity contribution in [3.05, 3.63) is 39.8 Å². The Labute approximate surface area is 116 Å². The number of nitrogens with zero attached hydrogens (tertiary/aromatic N) is 3. The zero-order chi connectivity index (χ0) is 14.9. The van der Waals surface area contributed by atoms with Crippen molar-refractivity contribution in [2.75, 3.05) is 20.6 Å². The van der Waals surface area contributed by atoms with E-state index in [0.717, 1.165) is 12.2 Å². The summed E-state index contributed by atoms with van der Waals surface area (Å²) in [6, 6.07) is 3.35. The van der Waals surface area contributed by atoms with Crippen LogP contribution in [0.15, 0.2) is 23.1 Å². The van der Waals surface area contributed by atoms with Crippen molar-refractivity contribution in [2.24, 2.45) is 0 Å². The van der Waals surface area contributed by atoms with Crippen LogP contribution in [-0.4, -0.2) is 46.2 Å². The molecule has 0 spiro atoms. The van der Waals surface area contributed by atoms with Crippen LogP contribution in [0.25, 0.3) is 11.0 Å². The Bertz CT molecular complexity index is 719. The summed E-state index contributed by atoms with van der Waals surface area (Å²) >= 11 is 0. The minimum Gasteiger partial charge on any atom is -0.477 e. The van der Waals surface area contributed by atoms with E-state index in [1.165, 1.54) is 6.20 Å². The van der Waals surface area contributed by atoms with E-state index < -0.39 is 11.4 Å². The number of hydrogen-bond acceptors (Lipinski definition) is 4. The zero-order valence-electron chi connectivity index (χ0n) is 11.8.